The van der Waals surface area contributed by atoms with Crippen LogP contribution in [0, 0.1) is 11.8 Å². The molecule has 2 aliphatic rings. The van der Waals surface area contributed by atoms with E-state index in [1.807, 2.05) is 4.90 Å². The lowest BCUT2D eigenvalue weighted by molar-refractivity contribution is -0.132. The van der Waals surface area contributed by atoms with Crippen LogP contribution in [-0.2, 0) is 4.79 Å². The first kappa shape index (κ1) is 13.4. The number of rotatable bonds is 6. The molecule has 0 heterocycles. The number of amides is 1. The number of hydrogen-bond acceptors (Lipinski definition) is 1. The van der Waals surface area contributed by atoms with Gasteiger partial charge in [0.05, 0.1) is 0 Å². The van der Waals surface area contributed by atoms with Gasteiger partial charge in [0.15, 0.2) is 0 Å². The van der Waals surface area contributed by atoms with Gasteiger partial charge in [-0.25, -0.2) is 0 Å². The summed E-state index contributed by atoms with van der Waals surface area (Å²) in [5.41, 5.74) is 0. The quantitative estimate of drug-likeness (QED) is 0.657. The maximum Gasteiger partial charge on any atom is 0.225 e. The third kappa shape index (κ3) is 4.01. The first-order valence-corrected chi connectivity index (χ1v) is 7.41. The molecule has 0 aromatic heterocycles. The molecule has 18 heavy (non-hydrogen) atoms. The van der Waals surface area contributed by atoms with Gasteiger partial charge in [0.25, 0.3) is 0 Å². The van der Waals surface area contributed by atoms with E-state index in [0.717, 1.165) is 32.4 Å². The van der Waals surface area contributed by atoms with Crippen molar-refractivity contribution in [2.45, 2.75) is 45.4 Å². The summed E-state index contributed by atoms with van der Waals surface area (Å²) in [6.45, 7) is 3.86. The van der Waals surface area contributed by atoms with Crippen LogP contribution in [0.2, 0.25) is 0 Å². The third-order valence-electron chi connectivity index (χ3n) is 3.78. The van der Waals surface area contributed by atoms with E-state index in [9.17, 15) is 4.79 Å². The average Bonchev–Trinajstić information content (AvgIpc) is 3.22. The van der Waals surface area contributed by atoms with Gasteiger partial charge in [0.1, 0.15) is 0 Å². The third-order valence-corrected chi connectivity index (χ3v) is 3.78. The van der Waals surface area contributed by atoms with Crippen molar-refractivity contribution in [1.29, 1.82) is 0 Å². The minimum Gasteiger partial charge on any atom is -0.339 e. The van der Waals surface area contributed by atoms with Gasteiger partial charge in [0, 0.05) is 19.0 Å². The molecule has 2 aliphatic carbocycles. The maximum absolute atomic E-state index is 12.1. The lowest BCUT2D eigenvalue weighted by Gasteiger charge is -2.21. The fourth-order valence-electron chi connectivity index (χ4n) is 2.52. The number of carbonyl (C=O) groups is 1. The van der Waals surface area contributed by atoms with Crippen LogP contribution in [0.3, 0.4) is 0 Å². The highest BCUT2D eigenvalue weighted by molar-refractivity contribution is 5.81. The van der Waals surface area contributed by atoms with Crippen LogP contribution in [0.5, 0.6) is 0 Å². The molecule has 1 unspecified atom stereocenters. The van der Waals surface area contributed by atoms with E-state index in [4.69, 9.17) is 0 Å². The van der Waals surface area contributed by atoms with Gasteiger partial charge in [-0.3, -0.25) is 4.79 Å². The second-order valence-corrected chi connectivity index (χ2v) is 5.53. The van der Waals surface area contributed by atoms with Crippen molar-refractivity contribution in [1.82, 2.24) is 4.90 Å². The Hall–Kier alpha value is -1.05. The van der Waals surface area contributed by atoms with Crippen molar-refractivity contribution in [2.24, 2.45) is 11.8 Å². The van der Waals surface area contributed by atoms with E-state index in [1.165, 1.54) is 19.3 Å². The Balaban J connectivity index is 1.78. The molecular formula is C16H25NO. The summed E-state index contributed by atoms with van der Waals surface area (Å²) < 4.78 is 0. The molecule has 0 aliphatic heterocycles. The predicted molar refractivity (Wildman–Crippen MR) is 75.2 cm³/mol. The van der Waals surface area contributed by atoms with E-state index in [1.54, 1.807) is 0 Å². The standard InChI is InChI=1S/C16H25NO/c1-2-12-17(16(18)15-10-11-15)13-6-9-14-7-4-3-5-8-14/h3-4,6,9,14-15H,2,5,7-8,10-13H2,1H3/b9-6-. The van der Waals surface area contributed by atoms with Gasteiger partial charge in [-0.1, -0.05) is 31.2 Å². The van der Waals surface area contributed by atoms with Crippen molar-refractivity contribution < 1.29 is 4.79 Å². The topological polar surface area (TPSA) is 20.3 Å². The molecule has 1 amide bonds. The summed E-state index contributed by atoms with van der Waals surface area (Å²) in [6, 6.07) is 0. The summed E-state index contributed by atoms with van der Waals surface area (Å²) in [4.78, 5) is 14.1. The molecule has 1 fully saturated rings. The van der Waals surface area contributed by atoms with Gasteiger partial charge < -0.3 is 4.90 Å². The maximum atomic E-state index is 12.1. The SMILES string of the molecule is CCCN(C/C=C\C1CC=CCC1)C(=O)C1CC1. The van der Waals surface area contributed by atoms with E-state index < -0.39 is 0 Å². The van der Waals surface area contributed by atoms with Gasteiger partial charge in [-0.05, 0) is 44.4 Å². The summed E-state index contributed by atoms with van der Waals surface area (Å²) >= 11 is 0. The zero-order valence-corrected chi connectivity index (χ0v) is 11.5. The minimum atomic E-state index is 0.350. The average molecular weight is 247 g/mol. The van der Waals surface area contributed by atoms with Crippen LogP contribution < -0.4 is 0 Å². The van der Waals surface area contributed by atoms with Crippen molar-refractivity contribution in [2.75, 3.05) is 13.1 Å². The fraction of sp³-hybridized carbons (Fsp3) is 0.688. The second kappa shape index (κ2) is 6.77. The fourth-order valence-corrected chi connectivity index (χ4v) is 2.52. The molecule has 2 heteroatoms. The largest absolute Gasteiger partial charge is 0.339 e. The van der Waals surface area contributed by atoms with Crippen molar-refractivity contribution in [3.8, 4) is 0 Å². The van der Waals surface area contributed by atoms with E-state index in [0.29, 0.717) is 17.7 Å². The molecule has 2 nitrogen and oxygen atoms in total. The molecule has 2 rings (SSSR count). The van der Waals surface area contributed by atoms with Gasteiger partial charge in [0.2, 0.25) is 5.91 Å². The highest BCUT2D eigenvalue weighted by Gasteiger charge is 2.32. The molecule has 0 radical (unpaired) electrons. The molecular weight excluding hydrogens is 222 g/mol. The molecule has 1 atom stereocenters. The van der Waals surface area contributed by atoms with Crippen LogP contribution >= 0.6 is 0 Å². The first-order chi connectivity index (χ1) is 8.81. The lowest BCUT2D eigenvalue weighted by Crippen LogP contribution is -2.33. The lowest BCUT2D eigenvalue weighted by atomic mass is 9.94. The Kier molecular flexibility index (Phi) is 5.03. The van der Waals surface area contributed by atoms with Crippen LogP contribution in [-0.4, -0.2) is 23.9 Å². The summed E-state index contributed by atoms with van der Waals surface area (Å²) in [7, 11) is 0. The van der Waals surface area contributed by atoms with Gasteiger partial charge in [-0.2, -0.15) is 0 Å². The second-order valence-electron chi connectivity index (χ2n) is 5.53. The zero-order valence-electron chi connectivity index (χ0n) is 11.5. The van der Waals surface area contributed by atoms with Gasteiger partial charge >= 0.3 is 0 Å². The van der Waals surface area contributed by atoms with E-state index in [2.05, 4.69) is 31.2 Å². The Morgan fingerprint density at radius 3 is 2.78 bits per heavy atom. The summed E-state index contributed by atoms with van der Waals surface area (Å²) in [5, 5.41) is 0. The monoisotopic (exact) mass is 247 g/mol. The molecule has 0 aromatic carbocycles. The molecule has 0 N–H and O–H groups in total. The summed E-state index contributed by atoms with van der Waals surface area (Å²) in [5.74, 6) is 1.42. The van der Waals surface area contributed by atoms with Crippen LogP contribution in [0.15, 0.2) is 24.3 Å². The van der Waals surface area contributed by atoms with Crippen molar-refractivity contribution >= 4 is 5.91 Å². The molecule has 0 saturated heterocycles. The van der Waals surface area contributed by atoms with Crippen molar-refractivity contribution in [3.63, 3.8) is 0 Å². The van der Waals surface area contributed by atoms with E-state index >= 15 is 0 Å². The number of allylic oxidation sites excluding steroid dienone is 3. The molecule has 0 bridgehead atoms. The number of carbonyl (C=O) groups excluding carboxylic acids is 1. The zero-order chi connectivity index (χ0) is 12.8. The smallest absolute Gasteiger partial charge is 0.225 e. The summed E-state index contributed by atoms with van der Waals surface area (Å²) in [6.07, 6.45) is 16.0. The Morgan fingerprint density at radius 1 is 1.33 bits per heavy atom. The highest BCUT2D eigenvalue weighted by Crippen LogP contribution is 2.31. The van der Waals surface area contributed by atoms with Crippen molar-refractivity contribution in [3.05, 3.63) is 24.3 Å². The number of hydrogen-bond donors (Lipinski definition) is 0. The first-order valence-electron chi connectivity index (χ1n) is 7.41. The Bertz CT molecular complexity index is 328. The Morgan fingerprint density at radius 2 is 2.17 bits per heavy atom. The Labute approximate surface area is 111 Å². The molecule has 1 saturated carbocycles. The number of nitrogens with zero attached hydrogens (tertiary/aromatic N) is 1. The van der Waals surface area contributed by atoms with Crippen LogP contribution in [0.25, 0.3) is 0 Å². The highest BCUT2D eigenvalue weighted by atomic mass is 16.2. The van der Waals surface area contributed by atoms with Gasteiger partial charge in [-0.15, -0.1) is 0 Å². The normalized spacial score (nSPS) is 23.5. The molecule has 0 spiro atoms. The van der Waals surface area contributed by atoms with E-state index in [-0.39, 0.29) is 0 Å². The van der Waals surface area contributed by atoms with Crippen LogP contribution in [0.1, 0.15) is 45.4 Å². The minimum absolute atomic E-state index is 0.350. The molecule has 100 valence electrons. The predicted octanol–water partition coefficient (Wildman–Crippen LogP) is 3.55. The molecule has 0 aromatic rings. The van der Waals surface area contributed by atoms with Crippen LogP contribution in [0.4, 0.5) is 0 Å².